The highest BCUT2D eigenvalue weighted by molar-refractivity contribution is 7.09. The van der Waals surface area contributed by atoms with E-state index in [2.05, 4.69) is 10.3 Å². The number of benzene rings is 2. The minimum atomic E-state index is -0.623. The monoisotopic (exact) mass is 434 g/mol. The van der Waals surface area contributed by atoms with Crippen molar-refractivity contribution in [3.63, 3.8) is 0 Å². The number of rotatable bonds is 6. The number of nitrogens with one attached hydrogen (secondary N) is 1. The highest BCUT2D eigenvalue weighted by Gasteiger charge is 2.17. The van der Waals surface area contributed by atoms with E-state index >= 15 is 0 Å². The molecule has 5 nitrogen and oxygen atoms in total. The summed E-state index contributed by atoms with van der Waals surface area (Å²) < 4.78 is 5.24. The van der Waals surface area contributed by atoms with Crippen molar-refractivity contribution in [1.82, 2.24) is 4.98 Å². The number of carbonyl (C=O) groups excluding carboxylic acids is 2. The Morgan fingerprint density at radius 1 is 1.11 bits per heavy atom. The van der Waals surface area contributed by atoms with Crippen molar-refractivity contribution < 1.29 is 14.3 Å². The molecule has 3 aromatic rings. The van der Waals surface area contributed by atoms with Gasteiger partial charge in [0.2, 0.25) is 5.91 Å². The van der Waals surface area contributed by atoms with E-state index in [9.17, 15) is 9.59 Å². The van der Waals surface area contributed by atoms with Gasteiger partial charge in [0.25, 0.3) is 0 Å². The molecule has 1 aromatic heterocycles. The number of aryl methyl sites for hydroxylation is 1. The Bertz CT molecular complexity index is 983. The van der Waals surface area contributed by atoms with Gasteiger partial charge in [-0.3, -0.25) is 4.79 Å². The van der Waals surface area contributed by atoms with Crippen LogP contribution in [0.2, 0.25) is 10.0 Å². The predicted molar refractivity (Wildman–Crippen MR) is 111 cm³/mol. The summed E-state index contributed by atoms with van der Waals surface area (Å²) in [6, 6.07) is 12.3. The summed E-state index contributed by atoms with van der Waals surface area (Å²) in [5, 5.41) is 5.65. The van der Waals surface area contributed by atoms with Gasteiger partial charge in [-0.2, -0.15) is 0 Å². The van der Waals surface area contributed by atoms with Crippen molar-refractivity contribution >= 4 is 52.1 Å². The van der Waals surface area contributed by atoms with Crippen LogP contribution in [-0.2, 0) is 22.6 Å². The highest BCUT2D eigenvalue weighted by atomic mass is 35.5. The van der Waals surface area contributed by atoms with Crippen LogP contribution in [0.5, 0.6) is 0 Å². The maximum absolute atomic E-state index is 12.2. The number of aromatic nitrogens is 1. The zero-order valence-electron chi connectivity index (χ0n) is 14.9. The maximum Gasteiger partial charge on any atom is 0.341 e. The van der Waals surface area contributed by atoms with Crippen LogP contribution < -0.4 is 5.32 Å². The van der Waals surface area contributed by atoms with Gasteiger partial charge in [0.05, 0.1) is 27.7 Å². The molecule has 3 rings (SSSR count). The van der Waals surface area contributed by atoms with E-state index in [0.717, 1.165) is 11.3 Å². The second-order valence-corrected chi connectivity index (χ2v) is 7.75. The number of hydrogen-bond donors (Lipinski definition) is 1. The normalized spacial score (nSPS) is 10.5. The Morgan fingerprint density at radius 3 is 2.46 bits per heavy atom. The molecule has 144 valence electrons. The van der Waals surface area contributed by atoms with Gasteiger partial charge in [-0.15, -0.1) is 11.3 Å². The van der Waals surface area contributed by atoms with Crippen LogP contribution in [-0.4, -0.2) is 16.9 Å². The number of esters is 1. The van der Waals surface area contributed by atoms with E-state index in [1.165, 1.54) is 11.3 Å². The smallest absolute Gasteiger partial charge is 0.341 e. The van der Waals surface area contributed by atoms with Gasteiger partial charge in [-0.05, 0) is 31.2 Å². The molecule has 0 saturated carbocycles. The van der Waals surface area contributed by atoms with Crippen LogP contribution in [0.3, 0.4) is 0 Å². The average Bonchev–Trinajstić information content (AvgIpc) is 3.09. The van der Waals surface area contributed by atoms with E-state index in [1.54, 1.807) is 23.6 Å². The molecular weight excluding hydrogens is 419 g/mol. The molecule has 2 aromatic carbocycles. The van der Waals surface area contributed by atoms with Gasteiger partial charge in [0, 0.05) is 11.1 Å². The van der Waals surface area contributed by atoms with Crippen molar-refractivity contribution in [2.75, 3.05) is 5.32 Å². The number of halogens is 2. The average molecular weight is 435 g/mol. The fourth-order valence-corrected chi connectivity index (χ4v) is 3.71. The number of hydrogen-bond acceptors (Lipinski definition) is 5. The highest BCUT2D eigenvalue weighted by Crippen LogP contribution is 2.25. The zero-order valence-corrected chi connectivity index (χ0v) is 17.2. The lowest BCUT2D eigenvalue weighted by molar-refractivity contribution is -0.115. The SMILES string of the molecule is Cc1ccc(NC(=O)Cc2nc(COC(=O)c3c(Cl)cccc3Cl)cs2)cc1. The summed E-state index contributed by atoms with van der Waals surface area (Å²) in [5.41, 5.74) is 2.53. The molecule has 0 aliphatic heterocycles. The fraction of sp³-hybridized carbons (Fsp3) is 0.150. The molecule has 0 aliphatic carbocycles. The first-order valence-corrected chi connectivity index (χ1v) is 9.97. The first-order chi connectivity index (χ1) is 13.4. The minimum absolute atomic E-state index is 0.0313. The maximum atomic E-state index is 12.2. The fourth-order valence-electron chi connectivity index (χ4n) is 2.38. The Labute approximate surface area is 176 Å². The predicted octanol–water partition coefficient (Wildman–Crippen LogP) is 5.30. The number of anilines is 1. The summed E-state index contributed by atoms with van der Waals surface area (Å²) in [4.78, 5) is 28.7. The van der Waals surface area contributed by atoms with Crippen LogP contribution in [0.1, 0.15) is 26.6 Å². The molecule has 1 N–H and O–H groups in total. The molecule has 0 bridgehead atoms. The van der Waals surface area contributed by atoms with E-state index < -0.39 is 5.97 Å². The summed E-state index contributed by atoms with van der Waals surface area (Å²) >= 11 is 13.3. The Morgan fingerprint density at radius 2 is 1.79 bits per heavy atom. The lowest BCUT2D eigenvalue weighted by Gasteiger charge is -2.06. The third-order valence-electron chi connectivity index (χ3n) is 3.76. The van der Waals surface area contributed by atoms with Gasteiger partial charge in [0.1, 0.15) is 11.6 Å². The van der Waals surface area contributed by atoms with Gasteiger partial charge in [-0.25, -0.2) is 9.78 Å². The van der Waals surface area contributed by atoms with Gasteiger partial charge >= 0.3 is 5.97 Å². The molecule has 28 heavy (non-hydrogen) atoms. The summed E-state index contributed by atoms with van der Waals surface area (Å²) in [6.45, 7) is 1.95. The minimum Gasteiger partial charge on any atom is -0.455 e. The van der Waals surface area contributed by atoms with Gasteiger partial charge in [-0.1, -0.05) is 47.0 Å². The first-order valence-electron chi connectivity index (χ1n) is 8.33. The zero-order chi connectivity index (χ0) is 20.1. The Kier molecular flexibility index (Phi) is 6.67. The molecule has 0 saturated heterocycles. The van der Waals surface area contributed by atoms with E-state index in [4.69, 9.17) is 27.9 Å². The van der Waals surface area contributed by atoms with E-state index in [-0.39, 0.29) is 34.5 Å². The summed E-state index contributed by atoms with van der Waals surface area (Å²) in [6.07, 6.45) is 0.142. The lowest BCUT2D eigenvalue weighted by Crippen LogP contribution is -2.14. The summed E-state index contributed by atoms with van der Waals surface area (Å²) in [5.74, 6) is -0.785. The van der Waals surface area contributed by atoms with Crippen molar-refractivity contribution in [3.05, 3.63) is 79.7 Å². The first kappa shape index (κ1) is 20.3. The van der Waals surface area contributed by atoms with Gasteiger partial charge in [0.15, 0.2) is 0 Å². The number of thiazole rings is 1. The van der Waals surface area contributed by atoms with Crippen molar-refractivity contribution in [2.24, 2.45) is 0 Å². The Hall–Kier alpha value is -2.41. The molecule has 0 unspecified atom stereocenters. The number of nitrogens with zero attached hydrogens (tertiary/aromatic N) is 1. The summed E-state index contributed by atoms with van der Waals surface area (Å²) in [7, 11) is 0. The third kappa shape index (κ3) is 5.32. The van der Waals surface area contributed by atoms with E-state index in [0.29, 0.717) is 10.7 Å². The molecule has 0 radical (unpaired) electrons. The molecule has 0 aliphatic rings. The van der Waals surface area contributed by atoms with Crippen molar-refractivity contribution in [3.8, 4) is 0 Å². The standard InChI is InChI=1S/C20H16Cl2N2O3S/c1-12-5-7-13(8-6-12)23-17(25)9-18-24-14(11-28-18)10-27-20(26)19-15(21)3-2-4-16(19)22/h2-8,11H,9-10H2,1H3,(H,23,25). The quantitative estimate of drug-likeness (QED) is 0.534. The van der Waals surface area contributed by atoms with Crippen LogP contribution >= 0.6 is 34.5 Å². The van der Waals surface area contributed by atoms with Crippen LogP contribution in [0.25, 0.3) is 0 Å². The van der Waals surface area contributed by atoms with Crippen LogP contribution in [0.15, 0.2) is 47.8 Å². The van der Waals surface area contributed by atoms with Crippen molar-refractivity contribution in [1.29, 1.82) is 0 Å². The number of ether oxygens (including phenoxy) is 1. The largest absolute Gasteiger partial charge is 0.455 e. The van der Waals surface area contributed by atoms with Crippen molar-refractivity contribution in [2.45, 2.75) is 20.0 Å². The second kappa shape index (κ2) is 9.19. The molecular formula is C20H16Cl2N2O3S. The number of carbonyl (C=O) groups is 2. The second-order valence-electron chi connectivity index (χ2n) is 6.00. The molecule has 1 heterocycles. The third-order valence-corrected chi connectivity index (χ3v) is 5.29. The molecule has 0 spiro atoms. The molecule has 0 atom stereocenters. The molecule has 0 fully saturated rings. The van der Waals surface area contributed by atoms with Crippen LogP contribution in [0, 0.1) is 6.92 Å². The van der Waals surface area contributed by atoms with E-state index in [1.807, 2.05) is 31.2 Å². The topological polar surface area (TPSA) is 68.3 Å². The Balaban J connectivity index is 1.54. The van der Waals surface area contributed by atoms with Gasteiger partial charge < -0.3 is 10.1 Å². The lowest BCUT2D eigenvalue weighted by atomic mass is 10.2. The molecule has 8 heteroatoms. The van der Waals surface area contributed by atoms with Crippen LogP contribution in [0.4, 0.5) is 5.69 Å². The number of amides is 1. The molecule has 1 amide bonds.